The molecule has 1 aliphatic rings. The molecule has 1 aromatic rings. The van der Waals surface area contributed by atoms with Crippen molar-refractivity contribution in [1.82, 2.24) is 4.90 Å². The molecular weight excluding hydrogens is 288 g/mol. The maximum absolute atomic E-state index is 12.0. The Balaban J connectivity index is 2.34. The summed E-state index contributed by atoms with van der Waals surface area (Å²) in [5.74, 6) is -1.18. The normalized spacial score (nSPS) is 20.4. The van der Waals surface area contributed by atoms with Gasteiger partial charge >= 0.3 is 5.97 Å². The summed E-state index contributed by atoms with van der Waals surface area (Å²) < 4.78 is 0. The van der Waals surface area contributed by atoms with E-state index in [0.717, 1.165) is 16.8 Å². The molecule has 2 rings (SSSR count). The van der Waals surface area contributed by atoms with Crippen molar-refractivity contribution in [3.05, 3.63) is 28.8 Å². The molecule has 0 aromatic heterocycles. The van der Waals surface area contributed by atoms with Crippen LogP contribution in [0.5, 0.6) is 0 Å². The first-order valence-corrected chi connectivity index (χ1v) is 7.50. The van der Waals surface area contributed by atoms with Crippen LogP contribution in [-0.2, 0) is 9.59 Å². The van der Waals surface area contributed by atoms with Crippen LogP contribution in [0.25, 0.3) is 0 Å². The van der Waals surface area contributed by atoms with Crippen LogP contribution in [0, 0.1) is 20.8 Å². The van der Waals surface area contributed by atoms with Crippen molar-refractivity contribution in [2.24, 2.45) is 4.99 Å². The lowest BCUT2D eigenvalue weighted by atomic mass is 10.1. The molecule has 1 amide bonds. The van der Waals surface area contributed by atoms with Gasteiger partial charge < -0.3 is 5.11 Å². The topological polar surface area (TPSA) is 70.0 Å². The summed E-state index contributed by atoms with van der Waals surface area (Å²) in [4.78, 5) is 28.8. The van der Waals surface area contributed by atoms with Crippen molar-refractivity contribution in [2.75, 3.05) is 7.05 Å². The molecule has 112 valence electrons. The molecule has 1 saturated heterocycles. The number of rotatable bonds is 3. The number of carboxylic acid groups (broad SMARTS) is 1. The summed E-state index contributed by atoms with van der Waals surface area (Å²) in [5, 5.41) is 8.82. The van der Waals surface area contributed by atoms with Gasteiger partial charge in [0.15, 0.2) is 5.17 Å². The molecule has 0 bridgehead atoms. The van der Waals surface area contributed by atoms with Gasteiger partial charge in [0.1, 0.15) is 5.25 Å². The highest BCUT2D eigenvalue weighted by molar-refractivity contribution is 8.15. The highest BCUT2D eigenvalue weighted by Gasteiger charge is 2.37. The van der Waals surface area contributed by atoms with Crippen LogP contribution in [-0.4, -0.2) is 39.3 Å². The molecular formula is C15H18N2O3S. The second kappa shape index (κ2) is 5.89. The summed E-state index contributed by atoms with van der Waals surface area (Å²) in [6.45, 7) is 5.99. The number of thioether (sulfide) groups is 1. The summed E-state index contributed by atoms with van der Waals surface area (Å²) in [6, 6.07) is 4.09. The van der Waals surface area contributed by atoms with Gasteiger partial charge in [-0.25, -0.2) is 4.99 Å². The average molecular weight is 306 g/mol. The Kier molecular flexibility index (Phi) is 4.37. The largest absolute Gasteiger partial charge is 0.481 e. The predicted molar refractivity (Wildman–Crippen MR) is 84.1 cm³/mol. The van der Waals surface area contributed by atoms with Crippen LogP contribution in [0.15, 0.2) is 17.1 Å². The SMILES string of the molecule is Cc1cc(C)c(N=C2SC(CC(=O)O)C(=O)N2C)c(C)c1. The molecule has 21 heavy (non-hydrogen) atoms. The van der Waals surface area contributed by atoms with E-state index >= 15 is 0 Å². The number of carbonyl (C=O) groups is 2. The third kappa shape index (κ3) is 3.26. The highest BCUT2D eigenvalue weighted by Crippen LogP contribution is 2.33. The van der Waals surface area contributed by atoms with E-state index in [0.29, 0.717) is 5.17 Å². The predicted octanol–water partition coefficient (Wildman–Crippen LogP) is 2.65. The number of hydrogen-bond donors (Lipinski definition) is 1. The number of amides is 1. The van der Waals surface area contributed by atoms with E-state index in [9.17, 15) is 9.59 Å². The lowest BCUT2D eigenvalue weighted by molar-refractivity contribution is -0.139. The maximum atomic E-state index is 12.0. The summed E-state index contributed by atoms with van der Waals surface area (Å²) in [7, 11) is 1.63. The van der Waals surface area contributed by atoms with Crippen molar-refractivity contribution < 1.29 is 14.7 Å². The molecule has 5 nitrogen and oxygen atoms in total. The summed E-state index contributed by atoms with van der Waals surface area (Å²) in [6.07, 6.45) is -0.182. The number of benzene rings is 1. The third-order valence-corrected chi connectivity index (χ3v) is 4.57. The Morgan fingerprint density at radius 1 is 1.33 bits per heavy atom. The minimum atomic E-state index is -0.974. The number of nitrogens with zero attached hydrogens (tertiary/aromatic N) is 2. The Morgan fingerprint density at radius 3 is 2.43 bits per heavy atom. The fourth-order valence-corrected chi connectivity index (χ4v) is 3.53. The monoisotopic (exact) mass is 306 g/mol. The van der Waals surface area contributed by atoms with Gasteiger partial charge in [-0.3, -0.25) is 14.5 Å². The Hall–Kier alpha value is -1.82. The molecule has 0 spiro atoms. The Labute approximate surface area is 128 Å². The molecule has 0 radical (unpaired) electrons. The zero-order valence-corrected chi connectivity index (χ0v) is 13.3. The first-order chi connectivity index (χ1) is 9.79. The standard InChI is InChI=1S/C15H18N2O3S/c1-8-5-9(2)13(10(3)6-8)16-15-17(4)14(20)11(21-15)7-12(18)19/h5-6,11H,7H2,1-4H3,(H,18,19). The van der Waals surface area contributed by atoms with Crippen LogP contribution >= 0.6 is 11.8 Å². The van der Waals surface area contributed by atoms with Gasteiger partial charge in [-0.15, -0.1) is 0 Å². The first-order valence-electron chi connectivity index (χ1n) is 6.62. The van der Waals surface area contributed by atoms with Gasteiger partial charge in [0, 0.05) is 7.05 Å². The van der Waals surface area contributed by atoms with Gasteiger partial charge in [-0.05, 0) is 31.9 Å². The third-order valence-electron chi connectivity index (χ3n) is 3.34. The lowest BCUT2D eigenvalue weighted by Gasteiger charge is -2.11. The molecule has 1 aliphatic heterocycles. The maximum Gasteiger partial charge on any atom is 0.305 e. The van der Waals surface area contributed by atoms with E-state index in [1.165, 1.54) is 22.2 Å². The van der Waals surface area contributed by atoms with Gasteiger partial charge in [-0.1, -0.05) is 29.5 Å². The fraction of sp³-hybridized carbons (Fsp3) is 0.400. The van der Waals surface area contributed by atoms with Gasteiger partial charge in [0.2, 0.25) is 5.91 Å². The van der Waals surface area contributed by atoms with Gasteiger partial charge in [-0.2, -0.15) is 0 Å². The summed E-state index contributed by atoms with van der Waals surface area (Å²) >= 11 is 1.22. The van der Waals surface area contributed by atoms with Crippen molar-refractivity contribution in [3.8, 4) is 0 Å². The molecule has 1 aromatic carbocycles. The van der Waals surface area contributed by atoms with Crippen LogP contribution in [0.1, 0.15) is 23.1 Å². The number of aryl methyl sites for hydroxylation is 3. The van der Waals surface area contributed by atoms with Crippen LogP contribution in [0.4, 0.5) is 5.69 Å². The zero-order chi connectivity index (χ0) is 15.7. The highest BCUT2D eigenvalue weighted by atomic mass is 32.2. The van der Waals surface area contributed by atoms with Gasteiger partial charge in [0.25, 0.3) is 0 Å². The quantitative estimate of drug-likeness (QED) is 0.932. The number of hydrogen-bond acceptors (Lipinski definition) is 4. The van der Waals surface area contributed by atoms with Crippen molar-refractivity contribution in [3.63, 3.8) is 0 Å². The molecule has 1 unspecified atom stereocenters. The number of aliphatic imine (C=N–C) groups is 1. The van der Waals surface area contributed by atoms with Gasteiger partial charge in [0.05, 0.1) is 12.1 Å². The fourth-order valence-electron chi connectivity index (χ4n) is 2.40. The smallest absolute Gasteiger partial charge is 0.305 e. The average Bonchev–Trinajstić information content (AvgIpc) is 2.61. The second-order valence-corrected chi connectivity index (χ2v) is 6.41. The molecule has 1 atom stereocenters. The first kappa shape index (κ1) is 15.6. The second-order valence-electron chi connectivity index (χ2n) is 5.24. The summed E-state index contributed by atoms with van der Waals surface area (Å²) in [5.41, 5.74) is 4.10. The number of carbonyl (C=O) groups excluding carboxylic acids is 1. The van der Waals surface area contributed by atoms with E-state index in [2.05, 4.69) is 4.99 Å². The van der Waals surface area contributed by atoms with Crippen molar-refractivity contribution >= 4 is 34.5 Å². The molecule has 0 aliphatic carbocycles. The molecule has 1 N–H and O–H groups in total. The van der Waals surface area contributed by atoms with E-state index in [1.54, 1.807) is 7.05 Å². The van der Waals surface area contributed by atoms with E-state index in [1.807, 2.05) is 32.9 Å². The molecule has 6 heteroatoms. The van der Waals surface area contributed by atoms with Crippen LogP contribution in [0.2, 0.25) is 0 Å². The van der Waals surface area contributed by atoms with Crippen LogP contribution < -0.4 is 0 Å². The number of aliphatic carboxylic acids is 1. The zero-order valence-electron chi connectivity index (χ0n) is 12.5. The lowest BCUT2D eigenvalue weighted by Crippen LogP contribution is -2.28. The molecule has 0 saturated carbocycles. The molecule has 1 heterocycles. The Bertz CT molecular complexity index is 617. The van der Waals surface area contributed by atoms with Crippen molar-refractivity contribution in [1.29, 1.82) is 0 Å². The van der Waals surface area contributed by atoms with Crippen molar-refractivity contribution in [2.45, 2.75) is 32.4 Å². The molecule has 1 fully saturated rings. The minimum absolute atomic E-state index is 0.182. The van der Waals surface area contributed by atoms with E-state index in [-0.39, 0.29) is 12.3 Å². The minimum Gasteiger partial charge on any atom is -0.481 e. The number of carboxylic acids is 1. The Morgan fingerprint density at radius 2 is 1.90 bits per heavy atom. The van der Waals surface area contributed by atoms with E-state index in [4.69, 9.17) is 5.11 Å². The number of amidine groups is 1. The van der Waals surface area contributed by atoms with E-state index < -0.39 is 11.2 Å². The van der Waals surface area contributed by atoms with Crippen LogP contribution in [0.3, 0.4) is 0 Å².